The van der Waals surface area contributed by atoms with Gasteiger partial charge in [0.15, 0.2) is 0 Å². The second-order valence-corrected chi connectivity index (χ2v) is 15.0. The van der Waals surface area contributed by atoms with Crippen molar-refractivity contribution >= 4 is 21.8 Å². The summed E-state index contributed by atoms with van der Waals surface area (Å²) in [6.07, 6.45) is 18.3. The fourth-order valence-electron chi connectivity index (χ4n) is 5.98. The molecule has 1 saturated heterocycles. The molecule has 8 nitrogen and oxygen atoms in total. The molecule has 1 aliphatic rings. The highest BCUT2D eigenvalue weighted by atomic mass is 32.2. The van der Waals surface area contributed by atoms with Gasteiger partial charge in [0.05, 0.1) is 17.1 Å². The standard InChI is InChI=1S/C37H60N4O4S/c1-32(2)31-40-25-27-41(28-26-40)36-23-20-34(30-39-36)37(42)38-24-16-14-12-10-8-6-4-5-7-9-11-13-15-17-29-45-46(43,44)35-21-18-33(3)19-22-35/h18-23,30,32H,4-17,24-29,31H2,1-3H3,(H,38,42). The normalized spacial score (nSPS) is 14.2. The van der Waals surface area contributed by atoms with E-state index in [2.05, 4.69) is 33.9 Å². The van der Waals surface area contributed by atoms with E-state index >= 15 is 0 Å². The Labute approximate surface area is 279 Å². The van der Waals surface area contributed by atoms with Crippen molar-refractivity contribution in [1.82, 2.24) is 15.2 Å². The van der Waals surface area contributed by atoms with Crippen LogP contribution in [0.25, 0.3) is 0 Å². The summed E-state index contributed by atoms with van der Waals surface area (Å²) in [5, 5.41) is 3.06. The SMILES string of the molecule is Cc1ccc(S(=O)(=O)OCCCCCCCCCCCCCCCCNC(=O)c2ccc(N3CCN(CC(C)C)CC3)nc2)cc1. The minimum atomic E-state index is -3.64. The van der Waals surface area contributed by atoms with Gasteiger partial charge in [-0.1, -0.05) is 109 Å². The van der Waals surface area contributed by atoms with Crippen molar-refractivity contribution in [2.45, 2.75) is 116 Å². The van der Waals surface area contributed by atoms with Crippen LogP contribution in [0.3, 0.4) is 0 Å². The number of pyridine rings is 1. The molecule has 1 aliphatic heterocycles. The van der Waals surface area contributed by atoms with E-state index in [1.807, 2.05) is 19.1 Å². The smallest absolute Gasteiger partial charge is 0.296 e. The van der Waals surface area contributed by atoms with Gasteiger partial charge in [0, 0.05) is 45.5 Å². The fraction of sp³-hybridized carbons (Fsp3) is 0.676. The molecule has 1 N–H and O–H groups in total. The van der Waals surface area contributed by atoms with Gasteiger partial charge in [0.25, 0.3) is 16.0 Å². The van der Waals surface area contributed by atoms with Crippen LogP contribution >= 0.6 is 0 Å². The Hall–Kier alpha value is -2.49. The number of aryl methyl sites for hydroxylation is 1. The Kier molecular flexibility index (Phi) is 17.7. The zero-order chi connectivity index (χ0) is 33.0. The van der Waals surface area contributed by atoms with Crippen molar-refractivity contribution < 1.29 is 17.4 Å². The Morgan fingerprint density at radius 1 is 0.783 bits per heavy atom. The largest absolute Gasteiger partial charge is 0.354 e. The fourth-order valence-corrected chi connectivity index (χ4v) is 6.92. The highest BCUT2D eigenvalue weighted by Gasteiger charge is 2.19. The van der Waals surface area contributed by atoms with Crippen molar-refractivity contribution in [3.8, 4) is 0 Å². The summed E-state index contributed by atoms with van der Waals surface area (Å²) in [5.74, 6) is 1.63. The Balaban J connectivity index is 1.07. The third-order valence-corrected chi connectivity index (χ3v) is 10.1. The number of hydrogen-bond donors (Lipinski definition) is 1. The van der Waals surface area contributed by atoms with E-state index in [1.54, 1.807) is 30.5 Å². The molecule has 0 radical (unpaired) electrons. The number of unbranched alkanes of at least 4 members (excludes halogenated alkanes) is 13. The lowest BCUT2D eigenvalue weighted by Gasteiger charge is -2.36. The molecule has 0 bridgehead atoms. The van der Waals surface area contributed by atoms with Gasteiger partial charge in [-0.2, -0.15) is 8.42 Å². The molecule has 2 aromatic rings. The molecule has 258 valence electrons. The summed E-state index contributed by atoms with van der Waals surface area (Å²) >= 11 is 0. The van der Waals surface area contributed by atoms with E-state index in [9.17, 15) is 13.2 Å². The zero-order valence-corrected chi connectivity index (χ0v) is 29.7. The van der Waals surface area contributed by atoms with Crippen LogP contribution in [-0.4, -0.2) is 70.1 Å². The first kappa shape index (κ1) is 38.0. The quantitative estimate of drug-likeness (QED) is 0.0965. The predicted molar refractivity (Wildman–Crippen MR) is 189 cm³/mol. The summed E-state index contributed by atoms with van der Waals surface area (Å²) in [5.41, 5.74) is 1.67. The number of carbonyl (C=O) groups excluding carboxylic acids is 1. The summed E-state index contributed by atoms with van der Waals surface area (Å²) in [7, 11) is -3.64. The lowest BCUT2D eigenvalue weighted by Crippen LogP contribution is -2.47. The zero-order valence-electron chi connectivity index (χ0n) is 28.9. The van der Waals surface area contributed by atoms with Crippen LogP contribution in [0.2, 0.25) is 0 Å². The van der Waals surface area contributed by atoms with Crippen LogP contribution in [-0.2, 0) is 14.3 Å². The van der Waals surface area contributed by atoms with E-state index in [0.717, 1.165) is 82.8 Å². The van der Waals surface area contributed by atoms with Crippen molar-refractivity contribution in [1.29, 1.82) is 0 Å². The van der Waals surface area contributed by atoms with E-state index in [0.29, 0.717) is 11.5 Å². The minimum absolute atomic E-state index is 0.0286. The number of aromatic nitrogens is 1. The number of amides is 1. The van der Waals surface area contributed by atoms with Gasteiger partial charge in [-0.25, -0.2) is 4.98 Å². The van der Waals surface area contributed by atoms with Gasteiger partial charge in [0.2, 0.25) is 0 Å². The van der Waals surface area contributed by atoms with Crippen molar-refractivity contribution in [2.24, 2.45) is 5.92 Å². The first-order chi connectivity index (χ1) is 22.2. The average Bonchev–Trinajstić information content (AvgIpc) is 3.04. The first-order valence-electron chi connectivity index (χ1n) is 17.9. The summed E-state index contributed by atoms with van der Waals surface area (Å²) in [6.45, 7) is 12.7. The average molecular weight is 657 g/mol. The molecule has 0 unspecified atom stereocenters. The number of carbonyl (C=O) groups is 1. The lowest BCUT2D eigenvalue weighted by atomic mass is 10.0. The molecular formula is C37H60N4O4S. The van der Waals surface area contributed by atoms with Crippen LogP contribution in [0, 0.1) is 12.8 Å². The Bertz CT molecular complexity index is 1210. The predicted octanol–water partition coefficient (Wildman–Crippen LogP) is 7.76. The number of rotatable bonds is 23. The van der Waals surface area contributed by atoms with Gasteiger partial charge in [0.1, 0.15) is 5.82 Å². The monoisotopic (exact) mass is 656 g/mol. The van der Waals surface area contributed by atoms with E-state index in [4.69, 9.17) is 4.18 Å². The highest BCUT2D eigenvalue weighted by Crippen LogP contribution is 2.17. The van der Waals surface area contributed by atoms with Crippen molar-refractivity contribution in [3.63, 3.8) is 0 Å². The number of benzene rings is 1. The van der Waals surface area contributed by atoms with Gasteiger partial charge in [-0.3, -0.25) is 13.9 Å². The molecule has 0 aliphatic carbocycles. The summed E-state index contributed by atoms with van der Waals surface area (Å²) < 4.78 is 29.6. The lowest BCUT2D eigenvalue weighted by molar-refractivity contribution is 0.0952. The maximum absolute atomic E-state index is 12.5. The molecular weight excluding hydrogens is 596 g/mol. The molecule has 1 aromatic carbocycles. The second kappa shape index (κ2) is 21.4. The molecule has 9 heteroatoms. The van der Waals surface area contributed by atoms with Crippen LogP contribution in [0.15, 0.2) is 47.5 Å². The molecule has 3 rings (SSSR count). The van der Waals surface area contributed by atoms with E-state index in [1.165, 1.54) is 57.8 Å². The van der Waals surface area contributed by atoms with Crippen LogP contribution in [0.5, 0.6) is 0 Å². The maximum Gasteiger partial charge on any atom is 0.296 e. The molecule has 1 amide bonds. The summed E-state index contributed by atoms with van der Waals surface area (Å²) in [4.78, 5) is 22.2. The molecule has 46 heavy (non-hydrogen) atoms. The van der Waals surface area contributed by atoms with E-state index < -0.39 is 10.1 Å². The second-order valence-electron chi connectivity index (χ2n) is 13.4. The van der Waals surface area contributed by atoms with Crippen LogP contribution in [0.1, 0.15) is 120 Å². The van der Waals surface area contributed by atoms with Gasteiger partial charge in [-0.05, 0) is 49.9 Å². The van der Waals surface area contributed by atoms with Crippen LogP contribution < -0.4 is 10.2 Å². The Morgan fingerprint density at radius 2 is 1.33 bits per heavy atom. The minimum Gasteiger partial charge on any atom is -0.354 e. The molecule has 0 saturated carbocycles. The number of hydrogen-bond acceptors (Lipinski definition) is 7. The topological polar surface area (TPSA) is 91.8 Å². The molecule has 0 spiro atoms. The Morgan fingerprint density at radius 3 is 1.85 bits per heavy atom. The van der Waals surface area contributed by atoms with Gasteiger partial charge >= 0.3 is 0 Å². The molecule has 0 atom stereocenters. The third kappa shape index (κ3) is 14.9. The van der Waals surface area contributed by atoms with Crippen molar-refractivity contribution in [2.75, 3.05) is 50.8 Å². The number of nitrogens with one attached hydrogen (secondary N) is 1. The molecule has 2 heterocycles. The highest BCUT2D eigenvalue weighted by molar-refractivity contribution is 7.86. The van der Waals surface area contributed by atoms with Gasteiger partial charge in [-0.15, -0.1) is 0 Å². The first-order valence-corrected chi connectivity index (χ1v) is 19.3. The van der Waals surface area contributed by atoms with Crippen LogP contribution in [0.4, 0.5) is 5.82 Å². The van der Waals surface area contributed by atoms with Crippen molar-refractivity contribution in [3.05, 3.63) is 53.7 Å². The van der Waals surface area contributed by atoms with E-state index in [-0.39, 0.29) is 17.4 Å². The van der Waals surface area contributed by atoms with Gasteiger partial charge < -0.3 is 10.2 Å². The maximum atomic E-state index is 12.5. The number of piperazine rings is 1. The molecule has 1 fully saturated rings. The molecule has 1 aromatic heterocycles. The summed E-state index contributed by atoms with van der Waals surface area (Å²) in [6, 6.07) is 10.7. The number of nitrogens with zero attached hydrogens (tertiary/aromatic N) is 3. The number of anilines is 1. The third-order valence-electron chi connectivity index (χ3n) is 8.73.